The third kappa shape index (κ3) is 3.12. The van der Waals surface area contributed by atoms with E-state index < -0.39 is 5.97 Å². The van der Waals surface area contributed by atoms with Crippen molar-refractivity contribution in [3.8, 4) is 11.1 Å². The Bertz CT molecular complexity index is 756. The van der Waals surface area contributed by atoms with E-state index in [0.29, 0.717) is 22.4 Å². The summed E-state index contributed by atoms with van der Waals surface area (Å²) < 4.78 is 10.1. The number of hydrogen-bond acceptors (Lipinski definition) is 6. The summed E-state index contributed by atoms with van der Waals surface area (Å²) in [5, 5.41) is 3.07. The highest BCUT2D eigenvalue weighted by Crippen LogP contribution is 2.37. The number of nitrogens with zero attached hydrogens (tertiary/aromatic N) is 2. The van der Waals surface area contributed by atoms with Crippen LogP contribution in [0.3, 0.4) is 0 Å². The fourth-order valence-corrected chi connectivity index (χ4v) is 2.62. The number of nitroso groups, excluding NO2 is 1. The second-order valence-electron chi connectivity index (χ2n) is 5.04. The minimum Gasteiger partial charge on any atom is -0.465 e. The van der Waals surface area contributed by atoms with Gasteiger partial charge in [-0.2, -0.15) is 0 Å². The van der Waals surface area contributed by atoms with Gasteiger partial charge in [0.25, 0.3) is 0 Å². The lowest BCUT2D eigenvalue weighted by Crippen LogP contribution is -2.12. The predicted octanol–water partition coefficient (Wildman–Crippen LogP) is 3.70. The molecule has 23 heavy (non-hydrogen) atoms. The highest BCUT2D eigenvalue weighted by molar-refractivity contribution is 6.01. The molecule has 120 valence electrons. The van der Waals surface area contributed by atoms with Crippen molar-refractivity contribution in [2.45, 2.75) is 20.5 Å². The lowest BCUT2D eigenvalue weighted by atomic mass is 9.92. The predicted molar refractivity (Wildman–Crippen MR) is 86.7 cm³/mol. The summed E-state index contributed by atoms with van der Waals surface area (Å²) in [5.41, 5.74) is 3.70. The molecule has 2 aromatic rings. The number of methoxy groups -OCH3 is 2. The molecule has 0 bridgehead atoms. The number of aromatic nitrogens is 1. The van der Waals surface area contributed by atoms with Gasteiger partial charge in [-0.1, -0.05) is 18.2 Å². The molecule has 0 unspecified atom stereocenters. The number of carbonyl (C=O) groups excluding carboxylic acids is 1. The summed E-state index contributed by atoms with van der Waals surface area (Å²) in [7, 11) is 2.87. The lowest BCUT2D eigenvalue weighted by Gasteiger charge is -2.18. The van der Waals surface area contributed by atoms with E-state index in [1.165, 1.54) is 7.11 Å². The Labute approximate surface area is 134 Å². The maximum atomic E-state index is 12.3. The van der Waals surface area contributed by atoms with Gasteiger partial charge in [0, 0.05) is 29.5 Å². The zero-order valence-corrected chi connectivity index (χ0v) is 13.5. The van der Waals surface area contributed by atoms with Gasteiger partial charge in [0.15, 0.2) is 0 Å². The molecule has 0 spiro atoms. The van der Waals surface area contributed by atoms with Crippen molar-refractivity contribution in [3.63, 3.8) is 0 Å². The van der Waals surface area contributed by atoms with Gasteiger partial charge in [-0.25, -0.2) is 4.79 Å². The Morgan fingerprint density at radius 1 is 1.17 bits per heavy atom. The summed E-state index contributed by atoms with van der Waals surface area (Å²) in [6, 6.07) is 6.85. The summed E-state index contributed by atoms with van der Waals surface area (Å²) in [6.45, 7) is 3.82. The Morgan fingerprint density at radius 2 is 1.87 bits per heavy atom. The molecule has 0 aliphatic heterocycles. The number of rotatable bonds is 5. The van der Waals surface area contributed by atoms with Gasteiger partial charge in [-0.15, -0.1) is 4.91 Å². The van der Waals surface area contributed by atoms with Crippen molar-refractivity contribution in [1.82, 2.24) is 4.98 Å². The second-order valence-corrected chi connectivity index (χ2v) is 5.04. The smallest absolute Gasteiger partial charge is 0.340 e. The van der Waals surface area contributed by atoms with Crippen molar-refractivity contribution >= 4 is 11.7 Å². The topological polar surface area (TPSA) is 77.8 Å². The molecule has 1 aromatic heterocycles. The second kappa shape index (κ2) is 7.11. The van der Waals surface area contributed by atoms with E-state index in [4.69, 9.17) is 9.47 Å². The molecule has 1 heterocycles. The van der Waals surface area contributed by atoms with Crippen LogP contribution in [0.25, 0.3) is 11.1 Å². The number of esters is 1. The number of hydrogen-bond donors (Lipinski definition) is 0. The monoisotopic (exact) mass is 314 g/mol. The van der Waals surface area contributed by atoms with E-state index in [1.54, 1.807) is 38.3 Å². The van der Waals surface area contributed by atoms with E-state index >= 15 is 0 Å². The van der Waals surface area contributed by atoms with E-state index in [1.807, 2.05) is 6.92 Å². The molecule has 2 rings (SSSR count). The van der Waals surface area contributed by atoms with Crippen LogP contribution in [0.5, 0.6) is 0 Å². The molecule has 0 fully saturated rings. The van der Waals surface area contributed by atoms with Crippen molar-refractivity contribution in [2.75, 3.05) is 14.2 Å². The van der Waals surface area contributed by atoms with Crippen molar-refractivity contribution in [2.24, 2.45) is 5.18 Å². The summed E-state index contributed by atoms with van der Waals surface area (Å²) in [4.78, 5) is 27.9. The number of ether oxygens (including phenoxy) is 2. The zero-order chi connectivity index (χ0) is 17.0. The maximum absolute atomic E-state index is 12.3. The summed E-state index contributed by atoms with van der Waals surface area (Å²) in [6.07, 6.45) is 0. The summed E-state index contributed by atoms with van der Waals surface area (Å²) >= 11 is 0. The Morgan fingerprint density at radius 3 is 2.48 bits per heavy atom. The van der Waals surface area contributed by atoms with Gasteiger partial charge in [0.2, 0.25) is 0 Å². The molecule has 6 nitrogen and oxygen atoms in total. The molecule has 0 aliphatic carbocycles. The fourth-order valence-electron chi connectivity index (χ4n) is 2.62. The highest BCUT2D eigenvalue weighted by atomic mass is 16.5. The van der Waals surface area contributed by atoms with E-state index in [0.717, 1.165) is 11.3 Å². The minimum absolute atomic E-state index is 0.250. The van der Waals surface area contributed by atoms with E-state index in [-0.39, 0.29) is 12.3 Å². The molecule has 0 aliphatic rings. The lowest BCUT2D eigenvalue weighted by molar-refractivity contribution is 0.0600. The molecule has 0 saturated heterocycles. The van der Waals surface area contributed by atoms with Gasteiger partial charge in [0.05, 0.1) is 25.0 Å². The van der Waals surface area contributed by atoms with Gasteiger partial charge < -0.3 is 9.47 Å². The fraction of sp³-hybridized carbons (Fsp3) is 0.294. The van der Waals surface area contributed by atoms with Crippen LogP contribution in [0.1, 0.15) is 27.3 Å². The largest absolute Gasteiger partial charge is 0.465 e. The van der Waals surface area contributed by atoms with Crippen LogP contribution >= 0.6 is 0 Å². The standard InChI is InChI=1S/C17H18N2O4/c1-10-13(9-22-3)16(12-7-5-6-8-14(12)19-21)15(11(2)18-10)17(20)23-4/h5-8H,9H2,1-4H3. The number of benzene rings is 1. The molecular formula is C17H18N2O4. The third-order valence-electron chi connectivity index (χ3n) is 3.64. The molecule has 1 aromatic carbocycles. The van der Waals surface area contributed by atoms with Gasteiger partial charge >= 0.3 is 5.97 Å². The van der Waals surface area contributed by atoms with Crippen LogP contribution in [0.2, 0.25) is 0 Å². The third-order valence-corrected chi connectivity index (χ3v) is 3.64. The Hall–Kier alpha value is -2.60. The molecule has 6 heteroatoms. The highest BCUT2D eigenvalue weighted by Gasteiger charge is 2.24. The molecule has 0 amide bonds. The van der Waals surface area contributed by atoms with Crippen molar-refractivity contribution < 1.29 is 14.3 Å². The van der Waals surface area contributed by atoms with Crippen molar-refractivity contribution in [1.29, 1.82) is 0 Å². The maximum Gasteiger partial charge on any atom is 0.340 e. The Balaban J connectivity index is 2.91. The molecule has 0 saturated carbocycles. The SMILES string of the molecule is COCc1c(C)nc(C)c(C(=O)OC)c1-c1ccccc1N=O. The van der Waals surface area contributed by atoms with Crippen LogP contribution in [-0.2, 0) is 16.1 Å². The summed E-state index contributed by atoms with van der Waals surface area (Å²) in [5.74, 6) is -0.511. The molecular weight excluding hydrogens is 296 g/mol. The normalized spacial score (nSPS) is 10.4. The van der Waals surface area contributed by atoms with Crippen LogP contribution in [0, 0.1) is 18.8 Å². The molecule has 0 radical (unpaired) electrons. The van der Waals surface area contributed by atoms with Crippen LogP contribution in [0.15, 0.2) is 29.4 Å². The number of aryl methyl sites for hydroxylation is 2. The quantitative estimate of drug-likeness (QED) is 0.621. The van der Waals surface area contributed by atoms with E-state index in [9.17, 15) is 9.70 Å². The van der Waals surface area contributed by atoms with Crippen LogP contribution < -0.4 is 0 Å². The Kier molecular flexibility index (Phi) is 5.18. The van der Waals surface area contributed by atoms with Gasteiger partial charge in [-0.05, 0) is 25.1 Å². The average Bonchev–Trinajstić information content (AvgIpc) is 2.56. The number of carbonyl (C=O) groups is 1. The first-order chi connectivity index (χ1) is 11.0. The van der Waals surface area contributed by atoms with Crippen molar-refractivity contribution in [3.05, 3.63) is 51.7 Å². The first kappa shape index (κ1) is 16.8. The number of pyridine rings is 1. The first-order valence-electron chi connectivity index (χ1n) is 7.05. The van der Waals surface area contributed by atoms with E-state index in [2.05, 4.69) is 10.2 Å². The van der Waals surface area contributed by atoms with Gasteiger partial charge in [-0.3, -0.25) is 4.98 Å². The molecule has 0 N–H and O–H groups in total. The first-order valence-corrected chi connectivity index (χ1v) is 7.05. The zero-order valence-electron chi connectivity index (χ0n) is 13.5. The molecule has 0 atom stereocenters. The van der Waals surface area contributed by atoms with Crippen LogP contribution in [-0.4, -0.2) is 25.2 Å². The van der Waals surface area contributed by atoms with Crippen LogP contribution in [0.4, 0.5) is 5.69 Å². The van der Waals surface area contributed by atoms with Gasteiger partial charge in [0.1, 0.15) is 5.69 Å². The minimum atomic E-state index is -0.511. The average molecular weight is 314 g/mol.